The van der Waals surface area contributed by atoms with E-state index in [0.29, 0.717) is 0 Å². The first-order valence-corrected chi connectivity index (χ1v) is 2.95. The van der Waals surface area contributed by atoms with E-state index in [1.54, 1.807) is 0 Å². The van der Waals surface area contributed by atoms with Crippen LogP contribution in [0.5, 0.6) is 0 Å². The Morgan fingerprint density at radius 1 is 2.00 bits per heavy atom. The van der Waals surface area contributed by atoms with Crippen LogP contribution in [0.4, 0.5) is 4.39 Å². The van der Waals surface area contributed by atoms with E-state index in [4.69, 9.17) is 9.22 Å². The predicted molar refractivity (Wildman–Crippen MR) is 33.7 cm³/mol. The highest BCUT2D eigenvalue weighted by Gasteiger charge is 2.41. The van der Waals surface area contributed by atoms with Gasteiger partial charge in [0.2, 0.25) is 0 Å². The second-order valence-electron chi connectivity index (χ2n) is 2.27. The largest absolute Gasteiger partial charge is 0.480 e. The van der Waals surface area contributed by atoms with Gasteiger partial charge in [-0.2, -0.15) is 0 Å². The lowest BCUT2D eigenvalue weighted by Gasteiger charge is -2.13. The van der Waals surface area contributed by atoms with Crippen LogP contribution >= 0.6 is 0 Å². The van der Waals surface area contributed by atoms with Crippen molar-refractivity contribution >= 4 is 11.9 Å². The topological polar surface area (TPSA) is 57.6 Å². The van der Waals surface area contributed by atoms with Gasteiger partial charge < -0.3 is 10.0 Å². The summed E-state index contributed by atoms with van der Waals surface area (Å²) in [5, 5.41) is 8.57. The molecule has 1 aliphatic rings. The molecule has 1 N–H and O–H groups in total. The van der Waals surface area contributed by atoms with E-state index in [0.717, 1.165) is 0 Å². The van der Waals surface area contributed by atoms with Crippen molar-refractivity contribution in [2.45, 2.75) is 18.6 Å². The minimum absolute atomic E-state index is 0.111. The van der Waals surface area contributed by atoms with Gasteiger partial charge in [0, 0.05) is 17.5 Å². The molecule has 1 aliphatic heterocycles. The molecule has 1 heterocycles. The molecule has 62 valence electrons. The van der Waals surface area contributed by atoms with Gasteiger partial charge in [-0.05, 0) is 0 Å². The Labute approximate surface area is 66.8 Å². The summed E-state index contributed by atoms with van der Waals surface area (Å²) in [5.74, 6) is -2.79. The molecule has 1 fully saturated rings. The van der Waals surface area contributed by atoms with Crippen LogP contribution in [0.2, 0.25) is 0 Å². The number of alkyl halides is 1. The Hall–Kier alpha value is -1.13. The molecule has 0 bridgehead atoms. The molecular weight excluding hydrogens is 153 g/mol. The van der Waals surface area contributed by atoms with Crippen LogP contribution in [-0.4, -0.2) is 41.1 Å². The maximum Gasteiger partial charge on any atom is 0.326 e. The maximum absolute atomic E-state index is 12.8. The highest BCUT2D eigenvalue weighted by molar-refractivity contribution is 5.90. The van der Waals surface area contributed by atoms with Crippen LogP contribution < -0.4 is 0 Å². The van der Waals surface area contributed by atoms with Gasteiger partial charge in [0.1, 0.15) is 6.04 Å². The molecule has 1 saturated heterocycles. The molecule has 0 aromatic rings. The van der Waals surface area contributed by atoms with Crippen molar-refractivity contribution in [2.24, 2.45) is 0 Å². The molecule has 0 unspecified atom stereocenters. The van der Waals surface area contributed by atoms with E-state index < -0.39 is 37.5 Å². The van der Waals surface area contributed by atoms with Crippen LogP contribution in [0.1, 0.15) is 10.5 Å². The number of amides is 1. The van der Waals surface area contributed by atoms with Gasteiger partial charge in [0.05, 0.1) is 0 Å². The summed E-state index contributed by atoms with van der Waals surface area (Å²) in [6.45, 7) is -2.90. The summed E-state index contributed by atoms with van der Waals surface area (Å²) in [6, 6.07) is -1.59. The van der Waals surface area contributed by atoms with Gasteiger partial charge in [0.15, 0.2) is 6.17 Å². The number of hydrogen-bond acceptors (Lipinski definition) is 2. The van der Waals surface area contributed by atoms with Gasteiger partial charge in [-0.1, -0.05) is 0 Å². The van der Waals surface area contributed by atoms with E-state index in [9.17, 15) is 14.0 Å². The van der Waals surface area contributed by atoms with E-state index in [-0.39, 0.29) is 4.90 Å². The number of rotatable bonds is 1. The van der Waals surface area contributed by atoms with Gasteiger partial charge in [-0.15, -0.1) is 0 Å². The van der Waals surface area contributed by atoms with Crippen LogP contribution in [0, 0.1) is 0 Å². The number of hydrogen-bond donors (Lipinski definition) is 1. The zero-order valence-corrected chi connectivity index (χ0v) is 5.45. The summed E-state index contributed by atoms with van der Waals surface area (Å²) in [6.07, 6.45) is -2.64. The number of carbonyl (C=O) groups excluding carboxylic acids is 1. The van der Waals surface area contributed by atoms with Gasteiger partial charge in [-0.3, -0.25) is 4.79 Å². The molecule has 0 saturated carbocycles. The molecule has 0 aromatic carbocycles. The molecule has 0 aromatic heterocycles. The summed E-state index contributed by atoms with van der Waals surface area (Å²) in [7, 11) is 0. The van der Waals surface area contributed by atoms with Crippen molar-refractivity contribution in [2.75, 3.05) is 6.98 Å². The zero-order chi connectivity index (χ0) is 11.1. The molecule has 0 spiro atoms. The first kappa shape index (κ1) is 4.69. The first-order chi connectivity index (χ1) is 6.25. The molecule has 5 heteroatoms. The Morgan fingerprint density at radius 3 is 3.00 bits per heavy atom. The molecule has 0 aliphatic carbocycles. The predicted octanol–water partition coefficient (Wildman–Crippen LogP) is -0.360. The Morgan fingerprint density at radius 2 is 2.64 bits per heavy atom. The Kier molecular flexibility index (Phi) is 1.06. The lowest BCUT2D eigenvalue weighted by atomic mass is 10.2. The van der Waals surface area contributed by atoms with Crippen LogP contribution in [0.3, 0.4) is 0 Å². The second kappa shape index (κ2) is 2.48. The minimum Gasteiger partial charge on any atom is -0.480 e. The molecule has 1 amide bonds. The lowest BCUT2D eigenvalue weighted by molar-refractivity contribution is -0.145. The summed E-state index contributed by atoms with van der Waals surface area (Å²) < 4.78 is 33.4. The lowest BCUT2D eigenvalue weighted by Crippen LogP contribution is -2.35. The van der Waals surface area contributed by atoms with Gasteiger partial charge in [-0.25, -0.2) is 9.18 Å². The zero-order valence-electron chi connectivity index (χ0n) is 8.45. The molecular formula is C6H8FNO3. The van der Waals surface area contributed by atoms with Crippen LogP contribution in [0.15, 0.2) is 0 Å². The standard InChI is InChI=1S/C6H8FNO3/c1-8-4(6(10)11)2-3(7)5(8)9/h3-4H,2H2,1H3,(H,10,11)/t3-,4+/m1/s1/i1D3. The summed E-state index contributed by atoms with van der Waals surface area (Å²) in [4.78, 5) is 21.6. The SMILES string of the molecule is [2H]C([2H])([2H])N1C(=O)[C@H](F)C[C@H]1C(=O)O. The van der Waals surface area contributed by atoms with Crippen molar-refractivity contribution < 1.29 is 23.2 Å². The summed E-state index contributed by atoms with van der Waals surface area (Å²) >= 11 is 0. The van der Waals surface area contributed by atoms with Crippen LogP contribution in [-0.2, 0) is 9.59 Å². The third kappa shape index (κ3) is 1.18. The molecule has 2 atom stereocenters. The van der Waals surface area contributed by atoms with Crippen molar-refractivity contribution in [3.63, 3.8) is 0 Å². The van der Waals surface area contributed by atoms with E-state index in [2.05, 4.69) is 0 Å². The molecule has 11 heavy (non-hydrogen) atoms. The average molecular weight is 164 g/mol. The van der Waals surface area contributed by atoms with Gasteiger partial charge in [0.25, 0.3) is 5.91 Å². The fourth-order valence-corrected chi connectivity index (χ4v) is 0.918. The minimum atomic E-state index is -2.90. The number of aliphatic carboxylic acids is 1. The quantitative estimate of drug-likeness (QED) is 0.575. The number of carboxylic acids is 1. The van der Waals surface area contributed by atoms with Crippen molar-refractivity contribution in [1.29, 1.82) is 0 Å². The van der Waals surface area contributed by atoms with Crippen LogP contribution in [0.25, 0.3) is 0 Å². The third-order valence-corrected chi connectivity index (χ3v) is 1.53. The monoisotopic (exact) mass is 164 g/mol. The Balaban J connectivity index is 2.99. The number of nitrogens with zero attached hydrogens (tertiary/aromatic N) is 1. The molecule has 0 radical (unpaired) electrons. The number of carbonyl (C=O) groups is 2. The normalized spacial score (nSPS) is 36.3. The fourth-order valence-electron chi connectivity index (χ4n) is 0.918. The highest BCUT2D eigenvalue weighted by atomic mass is 19.1. The Bertz CT molecular complexity index is 280. The van der Waals surface area contributed by atoms with Crippen molar-refractivity contribution in [3.8, 4) is 0 Å². The summed E-state index contributed by atoms with van der Waals surface area (Å²) in [5.41, 5.74) is 0. The van der Waals surface area contributed by atoms with Crippen molar-refractivity contribution in [3.05, 3.63) is 0 Å². The number of likely N-dealkylation sites (tertiary alicyclic amines) is 1. The third-order valence-electron chi connectivity index (χ3n) is 1.53. The second-order valence-corrected chi connectivity index (χ2v) is 2.27. The van der Waals surface area contributed by atoms with E-state index in [1.807, 2.05) is 0 Å². The number of likely N-dealkylation sites (N-methyl/N-ethyl adjacent to an activating group) is 1. The average Bonchev–Trinajstić information content (AvgIpc) is 2.27. The first-order valence-electron chi connectivity index (χ1n) is 4.45. The highest BCUT2D eigenvalue weighted by Crippen LogP contribution is 2.19. The maximum atomic E-state index is 12.8. The van der Waals surface area contributed by atoms with E-state index >= 15 is 0 Å². The fraction of sp³-hybridized carbons (Fsp3) is 0.667. The molecule has 4 nitrogen and oxygen atoms in total. The number of carboxylic acid groups (broad SMARTS) is 1. The van der Waals surface area contributed by atoms with Gasteiger partial charge >= 0.3 is 5.97 Å². The van der Waals surface area contributed by atoms with Crippen molar-refractivity contribution in [1.82, 2.24) is 4.90 Å². The number of halogens is 1. The van der Waals surface area contributed by atoms with E-state index in [1.165, 1.54) is 0 Å². The smallest absolute Gasteiger partial charge is 0.326 e. The molecule has 1 rings (SSSR count).